The number of Topliss-reactive ketones (excluding diaryl/α,β-unsaturated/α-hetero) is 1. The average Bonchev–Trinajstić information content (AvgIpc) is 3.32. The van der Waals surface area contributed by atoms with Crippen molar-refractivity contribution in [2.75, 3.05) is 14.1 Å². The highest BCUT2D eigenvalue weighted by atomic mass is 19.4. The van der Waals surface area contributed by atoms with Crippen LogP contribution in [-0.2, 0) is 6.18 Å². The van der Waals surface area contributed by atoms with Crippen molar-refractivity contribution in [2.45, 2.75) is 13.1 Å². The van der Waals surface area contributed by atoms with Crippen LogP contribution in [0.3, 0.4) is 0 Å². The minimum Gasteiger partial charge on any atom is -0.383 e. The molecule has 0 saturated carbocycles. The third kappa shape index (κ3) is 5.29. The first-order valence-corrected chi connectivity index (χ1v) is 10.7. The van der Waals surface area contributed by atoms with Crippen LogP contribution in [0.5, 0.6) is 0 Å². The molecule has 0 unspecified atom stereocenters. The van der Waals surface area contributed by atoms with E-state index < -0.39 is 11.7 Å². The van der Waals surface area contributed by atoms with Gasteiger partial charge in [-0.2, -0.15) is 17.9 Å². The summed E-state index contributed by atoms with van der Waals surface area (Å²) in [4.78, 5) is 15.3. The van der Waals surface area contributed by atoms with Gasteiger partial charge in [0.25, 0.3) is 0 Å². The molecule has 1 aromatic heterocycles. The molecule has 0 spiro atoms. The average molecular weight is 477 g/mol. The van der Waals surface area contributed by atoms with Crippen LogP contribution in [-0.4, -0.2) is 45.0 Å². The molecule has 0 N–H and O–H groups in total. The molecule has 3 aromatic carbocycles. The Kier molecular flexibility index (Phi) is 6.50. The molecule has 0 saturated heterocycles. The molecular weight excluding hydrogens is 455 g/mol. The van der Waals surface area contributed by atoms with Crippen LogP contribution in [0.25, 0.3) is 22.4 Å². The van der Waals surface area contributed by atoms with Gasteiger partial charge in [-0.3, -0.25) is 4.79 Å². The summed E-state index contributed by atoms with van der Waals surface area (Å²) in [6, 6.07) is 19.0. The van der Waals surface area contributed by atoms with Crippen LogP contribution in [0.2, 0.25) is 0 Å². The fourth-order valence-corrected chi connectivity index (χ4v) is 3.56. The van der Waals surface area contributed by atoms with Crippen LogP contribution in [0.4, 0.5) is 13.2 Å². The maximum Gasteiger partial charge on any atom is 0.416 e. The molecule has 4 rings (SSSR count). The number of carbonyl (C=O) groups excluding carboxylic acids is 1. The van der Waals surface area contributed by atoms with Crippen molar-refractivity contribution in [1.29, 1.82) is 0 Å². The Balaban J connectivity index is 1.75. The van der Waals surface area contributed by atoms with Crippen LogP contribution in [0, 0.1) is 6.92 Å². The summed E-state index contributed by atoms with van der Waals surface area (Å²) < 4.78 is 41.0. The van der Waals surface area contributed by atoms with Gasteiger partial charge in [-0.05, 0) is 58.8 Å². The second-order valence-electron chi connectivity index (χ2n) is 8.24. The van der Waals surface area contributed by atoms with Crippen LogP contribution < -0.4 is 0 Å². The summed E-state index contributed by atoms with van der Waals surface area (Å²) in [7, 11) is 3.54. The van der Waals surface area contributed by atoms with Gasteiger partial charge in [0.1, 0.15) is 0 Å². The third-order valence-electron chi connectivity index (χ3n) is 5.27. The Hall–Kier alpha value is -4.27. The van der Waals surface area contributed by atoms with Crippen LogP contribution >= 0.6 is 0 Å². The molecule has 0 aliphatic heterocycles. The van der Waals surface area contributed by atoms with Crippen LogP contribution in [0.15, 0.2) is 79.0 Å². The van der Waals surface area contributed by atoms with E-state index in [2.05, 4.69) is 15.5 Å². The maximum atomic E-state index is 13.6. The van der Waals surface area contributed by atoms with Gasteiger partial charge in [-0.25, -0.2) is 0 Å². The number of ketones is 1. The van der Waals surface area contributed by atoms with E-state index in [-0.39, 0.29) is 17.2 Å². The maximum absolute atomic E-state index is 13.6. The van der Waals surface area contributed by atoms with E-state index in [0.717, 1.165) is 17.7 Å². The monoisotopic (exact) mass is 477 g/mol. The summed E-state index contributed by atoms with van der Waals surface area (Å²) in [5.41, 5.74) is 2.38. The van der Waals surface area contributed by atoms with E-state index in [0.29, 0.717) is 22.4 Å². The van der Waals surface area contributed by atoms with Gasteiger partial charge in [0.2, 0.25) is 0 Å². The van der Waals surface area contributed by atoms with Gasteiger partial charge in [0.05, 0.1) is 16.8 Å². The van der Waals surface area contributed by atoms with E-state index in [1.54, 1.807) is 55.5 Å². The fourth-order valence-electron chi connectivity index (χ4n) is 3.56. The van der Waals surface area contributed by atoms with E-state index in [9.17, 15) is 18.0 Å². The molecule has 0 radical (unpaired) electrons. The number of carbonyl (C=O) groups is 1. The Morgan fingerprint density at radius 3 is 2.26 bits per heavy atom. The number of halogens is 3. The molecule has 4 aromatic rings. The minimum atomic E-state index is -4.46. The quantitative estimate of drug-likeness (QED) is 0.273. The second-order valence-corrected chi connectivity index (χ2v) is 8.24. The van der Waals surface area contributed by atoms with Crippen molar-refractivity contribution in [3.63, 3.8) is 0 Å². The van der Waals surface area contributed by atoms with Crippen molar-refractivity contribution in [1.82, 2.24) is 25.1 Å². The van der Waals surface area contributed by atoms with Crippen molar-refractivity contribution in [3.05, 3.63) is 102 Å². The molecule has 35 heavy (non-hydrogen) atoms. The summed E-state index contributed by atoms with van der Waals surface area (Å²) in [6.07, 6.45) is -2.84. The lowest BCUT2D eigenvalue weighted by Gasteiger charge is -2.13. The topological polar surface area (TPSA) is 63.9 Å². The smallest absolute Gasteiger partial charge is 0.383 e. The van der Waals surface area contributed by atoms with E-state index in [1.165, 1.54) is 10.7 Å². The Morgan fingerprint density at radius 2 is 1.60 bits per heavy atom. The Morgan fingerprint density at radius 1 is 0.943 bits per heavy atom. The van der Waals surface area contributed by atoms with Crippen molar-refractivity contribution < 1.29 is 18.0 Å². The van der Waals surface area contributed by atoms with Crippen LogP contribution in [0.1, 0.15) is 27.3 Å². The van der Waals surface area contributed by atoms with Crippen molar-refractivity contribution >= 4 is 11.4 Å². The van der Waals surface area contributed by atoms with E-state index in [1.807, 2.05) is 31.2 Å². The zero-order valence-electron chi connectivity index (χ0n) is 19.3. The molecule has 0 fully saturated rings. The van der Waals surface area contributed by atoms with Crippen molar-refractivity contribution in [3.8, 4) is 16.8 Å². The Labute approximate surface area is 200 Å². The lowest BCUT2D eigenvalue weighted by molar-refractivity contribution is -0.137. The zero-order chi connectivity index (χ0) is 25.2. The molecule has 0 bridgehead atoms. The summed E-state index contributed by atoms with van der Waals surface area (Å²) in [5.74, 6) is -0.118. The van der Waals surface area contributed by atoms with Gasteiger partial charge in [-0.15, -0.1) is 5.10 Å². The predicted octanol–water partition coefficient (Wildman–Crippen LogP) is 5.44. The zero-order valence-corrected chi connectivity index (χ0v) is 19.3. The lowest BCUT2D eigenvalue weighted by Crippen LogP contribution is -2.13. The van der Waals surface area contributed by atoms with Crippen molar-refractivity contribution in [2.24, 2.45) is 0 Å². The molecule has 1 heterocycles. The SMILES string of the molecule is Cc1ccc(-n2nnnc2C(=CN(C)C)C(=O)c2cccc(-c3cccc(C(F)(F)F)c3)c2)cc1. The number of hydrogen-bond acceptors (Lipinski definition) is 5. The summed E-state index contributed by atoms with van der Waals surface area (Å²) in [6.45, 7) is 1.96. The van der Waals surface area contributed by atoms with Gasteiger partial charge < -0.3 is 4.90 Å². The molecule has 0 amide bonds. The third-order valence-corrected chi connectivity index (χ3v) is 5.27. The molecule has 0 aliphatic rings. The number of hydrogen-bond donors (Lipinski definition) is 0. The Bertz CT molecular complexity index is 1390. The molecule has 9 heteroatoms. The number of aromatic nitrogens is 4. The van der Waals surface area contributed by atoms with E-state index >= 15 is 0 Å². The molecular formula is C26H22F3N5O. The molecule has 178 valence electrons. The van der Waals surface area contributed by atoms with Gasteiger partial charge in [-0.1, -0.05) is 48.0 Å². The number of aryl methyl sites for hydroxylation is 1. The number of nitrogens with zero attached hydrogens (tertiary/aromatic N) is 5. The first kappa shape index (κ1) is 23.9. The number of alkyl halides is 3. The highest BCUT2D eigenvalue weighted by Crippen LogP contribution is 2.32. The summed E-state index contributed by atoms with van der Waals surface area (Å²) >= 11 is 0. The minimum absolute atomic E-state index is 0.238. The van der Waals surface area contributed by atoms with Gasteiger partial charge in [0, 0.05) is 25.9 Å². The van der Waals surface area contributed by atoms with Gasteiger partial charge >= 0.3 is 6.18 Å². The highest BCUT2D eigenvalue weighted by molar-refractivity contribution is 6.28. The first-order chi connectivity index (χ1) is 16.6. The predicted molar refractivity (Wildman–Crippen MR) is 127 cm³/mol. The normalized spacial score (nSPS) is 12.0. The molecule has 0 atom stereocenters. The number of allylic oxidation sites excluding steroid dienone is 1. The lowest BCUT2D eigenvalue weighted by atomic mass is 9.97. The number of tetrazole rings is 1. The second kappa shape index (κ2) is 9.54. The summed E-state index contributed by atoms with van der Waals surface area (Å²) in [5, 5.41) is 11.9. The number of benzene rings is 3. The molecule has 6 nitrogen and oxygen atoms in total. The largest absolute Gasteiger partial charge is 0.416 e. The van der Waals surface area contributed by atoms with Gasteiger partial charge in [0.15, 0.2) is 11.6 Å². The van der Waals surface area contributed by atoms with E-state index in [4.69, 9.17) is 0 Å². The first-order valence-electron chi connectivity index (χ1n) is 10.7. The highest BCUT2D eigenvalue weighted by Gasteiger charge is 2.30. The molecule has 0 aliphatic carbocycles. The fraction of sp³-hybridized carbons (Fsp3) is 0.154. The standard InChI is InChI=1S/C26H22F3N5O/c1-17-10-12-22(13-11-17)34-25(30-31-32-34)23(16-33(2)3)24(35)20-8-4-6-18(14-20)19-7-5-9-21(15-19)26(27,28)29/h4-16H,1-3H3. The number of rotatable bonds is 6.